The minimum atomic E-state index is -0.737. The monoisotopic (exact) mass is 463 g/mol. The first-order valence-corrected chi connectivity index (χ1v) is 11.0. The van der Waals surface area contributed by atoms with Crippen molar-refractivity contribution < 1.29 is 14.3 Å². The third kappa shape index (κ3) is 7.47. The minimum absolute atomic E-state index is 0.127. The van der Waals surface area contributed by atoms with Crippen molar-refractivity contribution in [3.8, 4) is 5.75 Å². The number of nitrogens with one attached hydrogen (secondary N) is 2. The summed E-state index contributed by atoms with van der Waals surface area (Å²) in [6.45, 7) is 4.19. The molecule has 2 amide bonds. The summed E-state index contributed by atoms with van der Waals surface area (Å²) < 4.78 is 5.77. The number of benzene rings is 3. The zero-order valence-corrected chi connectivity index (χ0v) is 19.3. The summed E-state index contributed by atoms with van der Waals surface area (Å²) in [5, 5.41) is 7.31. The van der Waals surface area contributed by atoms with Crippen LogP contribution in [-0.2, 0) is 11.4 Å². The van der Waals surface area contributed by atoms with Crippen molar-refractivity contribution in [3.05, 3.63) is 101 Å². The number of hydrazone groups is 1. The number of nitrogens with zero attached hydrogens (tertiary/aromatic N) is 1. The van der Waals surface area contributed by atoms with Crippen LogP contribution >= 0.6 is 11.6 Å². The van der Waals surface area contributed by atoms with Gasteiger partial charge in [-0.05, 0) is 65.6 Å². The standard InChI is InChI=1S/C26H26ClN3O3/c1-18(2)24(29-25(31)21-10-12-22(27)13-11-21)26(32)30-28-16-19-8-14-23(15-9-19)33-17-20-6-4-3-5-7-20/h3-16,18,24H,17H2,1-2H3,(H,29,31)(H,30,32). The van der Waals surface area contributed by atoms with Gasteiger partial charge in [-0.1, -0.05) is 55.8 Å². The molecule has 0 heterocycles. The van der Waals surface area contributed by atoms with Gasteiger partial charge in [0, 0.05) is 10.6 Å². The lowest BCUT2D eigenvalue weighted by molar-refractivity contribution is -0.123. The van der Waals surface area contributed by atoms with E-state index in [1.165, 1.54) is 6.21 Å². The number of ether oxygens (including phenoxy) is 1. The Hall–Kier alpha value is -3.64. The van der Waals surface area contributed by atoms with Crippen LogP contribution in [0.2, 0.25) is 5.02 Å². The van der Waals surface area contributed by atoms with Gasteiger partial charge in [0.15, 0.2) is 0 Å². The van der Waals surface area contributed by atoms with Crippen LogP contribution < -0.4 is 15.5 Å². The van der Waals surface area contributed by atoms with Gasteiger partial charge in [0.05, 0.1) is 6.21 Å². The van der Waals surface area contributed by atoms with E-state index in [-0.39, 0.29) is 11.8 Å². The number of carbonyl (C=O) groups excluding carboxylic acids is 2. The summed E-state index contributed by atoms with van der Waals surface area (Å²) >= 11 is 5.86. The first kappa shape index (κ1) is 24.0. The molecule has 0 fully saturated rings. The van der Waals surface area contributed by atoms with Crippen molar-refractivity contribution in [2.45, 2.75) is 26.5 Å². The van der Waals surface area contributed by atoms with E-state index in [1.807, 2.05) is 68.4 Å². The molecule has 0 aromatic heterocycles. The lowest BCUT2D eigenvalue weighted by Crippen LogP contribution is -2.48. The van der Waals surface area contributed by atoms with E-state index in [1.54, 1.807) is 24.3 Å². The van der Waals surface area contributed by atoms with E-state index in [2.05, 4.69) is 15.8 Å². The zero-order chi connectivity index (χ0) is 23.6. The van der Waals surface area contributed by atoms with Crippen LogP contribution in [0.4, 0.5) is 0 Å². The van der Waals surface area contributed by atoms with Gasteiger partial charge in [-0.2, -0.15) is 5.10 Å². The first-order chi connectivity index (χ1) is 15.9. The zero-order valence-electron chi connectivity index (χ0n) is 18.5. The van der Waals surface area contributed by atoms with Gasteiger partial charge >= 0.3 is 0 Å². The topological polar surface area (TPSA) is 79.8 Å². The average molecular weight is 464 g/mol. The highest BCUT2D eigenvalue weighted by molar-refractivity contribution is 6.30. The molecule has 0 spiro atoms. The molecule has 0 bridgehead atoms. The Labute approximate surface area is 198 Å². The van der Waals surface area contributed by atoms with Gasteiger partial charge < -0.3 is 10.1 Å². The maximum atomic E-state index is 12.6. The highest BCUT2D eigenvalue weighted by atomic mass is 35.5. The average Bonchev–Trinajstić information content (AvgIpc) is 2.82. The predicted molar refractivity (Wildman–Crippen MR) is 130 cm³/mol. The summed E-state index contributed by atoms with van der Waals surface area (Å²) in [7, 11) is 0. The van der Waals surface area contributed by atoms with Crippen molar-refractivity contribution in [2.75, 3.05) is 0 Å². The number of rotatable bonds is 9. The molecule has 1 unspecified atom stereocenters. The van der Waals surface area contributed by atoms with Crippen LogP contribution in [0.1, 0.15) is 35.3 Å². The molecule has 0 aliphatic rings. The number of carbonyl (C=O) groups is 2. The Morgan fingerprint density at radius 3 is 2.27 bits per heavy atom. The number of halogens is 1. The Bertz CT molecular complexity index is 1080. The fourth-order valence-electron chi connectivity index (χ4n) is 2.99. The molecular weight excluding hydrogens is 438 g/mol. The second kappa shape index (κ2) is 11.8. The SMILES string of the molecule is CC(C)C(NC(=O)c1ccc(Cl)cc1)C(=O)NN=Cc1ccc(OCc2ccccc2)cc1. The van der Waals surface area contributed by atoms with Gasteiger partial charge in [0.2, 0.25) is 0 Å². The van der Waals surface area contributed by atoms with Crippen molar-refractivity contribution >= 4 is 29.6 Å². The van der Waals surface area contributed by atoms with Crippen molar-refractivity contribution in [1.82, 2.24) is 10.7 Å². The molecule has 0 aliphatic heterocycles. The fourth-order valence-corrected chi connectivity index (χ4v) is 3.12. The van der Waals surface area contributed by atoms with Gasteiger partial charge in [-0.15, -0.1) is 0 Å². The molecule has 0 aliphatic carbocycles. The second-order valence-electron chi connectivity index (χ2n) is 7.78. The summed E-state index contributed by atoms with van der Waals surface area (Å²) in [4.78, 5) is 25.1. The van der Waals surface area contributed by atoms with E-state index >= 15 is 0 Å². The number of hydrogen-bond acceptors (Lipinski definition) is 4. The Morgan fingerprint density at radius 1 is 0.970 bits per heavy atom. The molecule has 33 heavy (non-hydrogen) atoms. The molecule has 0 radical (unpaired) electrons. The van der Waals surface area contributed by atoms with Crippen LogP contribution in [0.5, 0.6) is 5.75 Å². The highest BCUT2D eigenvalue weighted by Gasteiger charge is 2.24. The van der Waals surface area contributed by atoms with E-state index in [9.17, 15) is 9.59 Å². The molecule has 0 saturated carbocycles. The van der Waals surface area contributed by atoms with E-state index in [0.29, 0.717) is 17.2 Å². The molecule has 7 heteroatoms. The normalized spacial score (nSPS) is 11.9. The predicted octanol–water partition coefficient (Wildman–Crippen LogP) is 4.82. The molecule has 3 aromatic rings. The molecule has 0 saturated heterocycles. The van der Waals surface area contributed by atoms with Crippen LogP contribution in [0.3, 0.4) is 0 Å². The maximum Gasteiger partial charge on any atom is 0.262 e. The van der Waals surface area contributed by atoms with Crippen LogP contribution in [0, 0.1) is 5.92 Å². The largest absolute Gasteiger partial charge is 0.489 e. The number of hydrogen-bond donors (Lipinski definition) is 2. The van der Waals surface area contributed by atoms with E-state index < -0.39 is 11.9 Å². The van der Waals surface area contributed by atoms with E-state index in [0.717, 1.165) is 16.9 Å². The third-order valence-electron chi connectivity index (χ3n) is 4.86. The lowest BCUT2D eigenvalue weighted by Gasteiger charge is -2.20. The van der Waals surface area contributed by atoms with Crippen LogP contribution in [0.25, 0.3) is 0 Å². The van der Waals surface area contributed by atoms with Crippen molar-refractivity contribution in [1.29, 1.82) is 0 Å². The maximum absolute atomic E-state index is 12.6. The molecule has 1 atom stereocenters. The van der Waals surface area contributed by atoms with Gasteiger partial charge in [0.1, 0.15) is 18.4 Å². The summed E-state index contributed by atoms with van der Waals surface area (Å²) in [5.41, 5.74) is 4.82. The van der Waals surface area contributed by atoms with Gasteiger partial charge in [-0.25, -0.2) is 5.43 Å². The van der Waals surface area contributed by atoms with Crippen molar-refractivity contribution in [3.63, 3.8) is 0 Å². The quantitative estimate of drug-likeness (QED) is 0.352. The Kier molecular flexibility index (Phi) is 8.61. The summed E-state index contributed by atoms with van der Waals surface area (Å²) in [6.07, 6.45) is 1.54. The summed E-state index contributed by atoms with van der Waals surface area (Å²) in [6, 6.07) is 23.0. The van der Waals surface area contributed by atoms with Gasteiger partial charge in [-0.3, -0.25) is 9.59 Å². The summed E-state index contributed by atoms with van der Waals surface area (Å²) in [5.74, 6) is -0.135. The van der Waals surface area contributed by atoms with E-state index in [4.69, 9.17) is 16.3 Å². The van der Waals surface area contributed by atoms with Gasteiger partial charge in [0.25, 0.3) is 11.8 Å². The van der Waals surface area contributed by atoms with Crippen molar-refractivity contribution in [2.24, 2.45) is 11.0 Å². The fraction of sp³-hybridized carbons (Fsp3) is 0.192. The smallest absolute Gasteiger partial charge is 0.262 e. The minimum Gasteiger partial charge on any atom is -0.489 e. The molecule has 6 nitrogen and oxygen atoms in total. The third-order valence-corrected chi connectivity index (χ3v) is 5.11. The molecule has 3 rings (SSSR count). The molecule has 3 aromatic carbocycles. The Balaban J connectivity index is 1.52. The van der Waals surface area contributed by atoms with Crippen LogP contribution in [0.15, 0.2) is 84.0 Å². The molecule has 170 valence electrons. The lowest BCUT2D eigenvalue weighted by atomic mass is 10.0. The highest BCUT2D eigenvalue weighted by Crippen LogP contribution is 2.14. The Morgan fingerprint density at radius 2 is 1.64 bits per heavy atom. The second-order valence-corrected chi connectivity index (χ2v) is 8.22. The molecular formula is C26H26ClN3O3. The molecule has 2 N–H and O–H groups in total. The van der Waals surface area contributed by atoms with Crippen LogP contribution in [-0.4, -0.2) is 24.1 Å². The number of amides is 2. The first-order valence-electron chi connectivity index (χ1n) is 10.6.